The second-order valence-electron chi connectivity index (χ2n) is 6.22. The molecule has 2 rings (SSSR count). The molecule has 0 spiro atoms. The van der Waals surface area contributed by atoms with Gasteiger partial charge in [-0.3, -0.25) is 0 Å². The molecule has 1 fully saturated rings. The molecular weight excluding hydrogens is 244 g/mol. The third kappa shape index (κ3) is 4.18. The standard InChI is InChI=1S/C13H24N4O2/c1-13(2,3)14-7-11-15-16-12(19-11)17-6-4-5-10(8-17)9-18/h10,14,18H,4-9H2,1-3H3. The van der Waals surface area contributed by atoms with Crippen LogP contribution in [0.5, 0.6) is 0 Å². The second-order valence-corrected chi connectivity index (χ2v) is 6.22. The van der Waals surface area contributed by atoms with Crippen molar-refractivity contribution in [2.45, 2.75) is 45.7 Å². The average Bonchev–Trinajstić information content (AvgIpc) is 2.84. The summed E-state index contributed by atoms with van der Waals surface area (Å²) in [6, 6.07) is 0.573. The number of nitrogens with zero attached hydrogens (tertiary/aromatic N) is 3. The van der Waals surface area contributed by atoms with Gasteiger partial charge in [-0.1, -0.05) is 5.10 Å². The summed E-state index contributed by atoms with van der Waals surface area (Å²) in [5.41, 5.74) is 0.0295. The largest absolute Gasteiger partial charge is 0.407 e. The molecule has 0 aliphatic carbocycles. The molecule has 0 aromatic carbocycles. The summed E-state index contributed by atoms with van der Waals surface area (Å²) in [6.45, 7) is 8.81. The van der Waals surface area contributed by atoms with Gasteiger partial charge in [0, 0.05) is 25.2 Å². The van der Waals surface area contributed by atoms with Gasteiger partial charge in [0.25, 0.3) is 0 Å². The van der Waals surface area contributed by atoms with Gasteiger partial charge in [-0.05, 0) is 39.5 Å². The van der Waals surface area contributed by atoms with Crippen LogP contribution in [-0.2, 0) is 6.54 Å². The number of aliphatic hydroxyl groups is 1. The molecule has 1 unspecified atom stereocenters. The number of hydrogen-bond donors (Lipinski definition) is 2. The maximum absolute atomic E-state index is 9.23. The molecule has 0 saturated carbocycles. The number of nitrogens with one attached hydrogen (secondary N) is 1. The molecule has 2 heterocycles. The molecule has 1 aliphatic heterocycles. The topological polar surface area (TPSA) is 74.4 Å². The van der Waals surface area contributed by atoms with Gasteiger partial charge in [0.15, 0.2) is 0 Å². The molecule has 1 aromatic rings. The zero-order valence-corrected chi connectivity index (χ0v) is 12.0. The van der Waals surface area contributed by atoms with Crippen LogP contribution >= 0.6 is 0 Å². The number of aliphatic hydroxyl groups excluding tert-OH is 1. The molecule has 19 heavy (non-hydrogen) atoms. The van der Waals surface area contributed by atoms with Crippen molar-refractivity contribution in [3.63, 3.8) is 0 Å². The minimum absolute atomic E-state index is 0.0295. The van der Waals surface area contributed by atoms with E-state index in [1.807, 2.05) is 0 Å². The molecule has 0 radical (unpaired) electrons. The Labute approximate surface area is 114 Å². The summed E-state index contributed by atoms with van der Waals surface area (Å²) < 4.78 is 5.67. The van der Waals surface area contributed by atoms with Crippen LogP contribution in [0.2, 0.25) is 0 Å². The van der Waals surface area contributed by atoms with Crippen LogP contribution in [0.3, 0.4) is 0 Å². The Hall–Kier alpha value is -1.14. The van der Waals surface area contributed by atoms with Crippen LogP contribution in [0.15, 0.2) is 4.42 Å². The summed E-state index contributed by atoms with van der Waals surface area (Å²) in [5, 5.41) is 20.7. The fourth-order valence-electron chi connectivity index (χ4n) is 2.17. The van der Waals surface area contributed by atoms with Crippen molar-refractivity contribution in [2.75, 3.05) is 24.6 Å². The first-order valence-corrected chi connectivity index (χ1v) is 6.91. The SMILES string of the molecule is CC(C)(C)NCc1nnc(N2CCCC(CO)C2)o1. The number of anilines is 1. The smallest absolute Gasteiger partial charge is 0.318 e. The Kier molecular flexibility index (Phi) is 4.42. The van der Waals surface area contributed by atoms with Gasteiger partial charge in [-0.15, -0.1) is 5.10 Å². The Balaban J connectivity index is 1.93. The van der Waals surface area contributed by atoms with E-state index >= 15 is 0 Å². The average molecular weight is 268 g/mol. The highest BCUT2D eigenvalue weighted by atomic mass is 16.4. The molecule has 1 aliphatic rings. The van der Waals surface area contributed by atoms with Gasteiger partial charge in [-0.2, -0.15) is 0 Å². The Morgan fingerprint density at radius 2 is 2.21 bits per heavy atom. The number of rotatable bonds is 4. The zero-order valence-electron chi connectivity index (χ0n) is 12.0. The van der Waals surface area contributed by atoms with Crippen molar-refractivity contribution < 1.29 is 9.52 Å². The third-order valence-corrected chi connectivity index (χ3v) is 3.27. The van der Waals surface area contributed by atoms with Crippen LogP contribution < -0.4 is 10.2 Å². The first-order valence-electron chi connectivity index (χ1n) is 6.91. The molecule has 6 nitrogen and oxygen atoms in total. The zero-order chi connectivity index (χ0) is 13.9. The molecule has 1 aromatic heterocycles. The van der Waals surface area contributed by atoms with E-state index in [0.717, 1.165) is 25.9 Å². The Morgan fingerprint density at radius 1 is 1.42 bits per heavy atom. The summed E-state index contributed by atoms with van der Waals surface area (Å²) in [7, 11) is 0. The quantitative estimate of drug-likeness (QED) is 0.854. The number of piperidine rings is 1. The lowest BCUT2D eigenvalue weighted by Crippen LogP contribution is -2.37. The van der Waals surface area contributed by atoms with Gasteiger partial charge in [0.2, 0.25) is 5.89 Å². The van der Waals surface area contributed by atoms with Crippen molar-refractivity contribution >= 4 is 6.01 Å². The van der Waals surface area contributed by atoms with Crippen LogP contribution in [0.4, 0.5) is 6.01 Å². The van der Waals surface area contributed by atoms with Crippen LogP contribution in [0.1, 0.15) is 39.5 Å². The second kappa shape index (κ2) is 5.88. The maximum Gasteiger partial charge on any atom is 0.318 e. The summed E-state index contributed by atoms with van der Waals surface area (Å²) >= 11 is 0. The van der Waals surface area contributed by atoms with Crippen molar-refractivity contribution in [1.29, 1.82) is 0 Å². The lowest BCUT2D eigenvalue weighted by Gasteiger charge is -2.30. The van der Waals surface area contributed by atoms with Gasteiger partial charge in [0.1, 0.15) is 0 Å². The van der Waals surface area contributed by atoms with E-state index in [4.69, 9.17) is 4.42 Å². The van der Waals surface area contributed by atoms with E-state index in [1.165, 1.54) is 0 Å². The van der Waals surface area contributed by atoms with Crippen LogP contribution in [-0.4, -0.2) is 40.5 Å². The first kappa shape index (κ1) is 14.3. The molecule has 1 saturated heterocycles. The number of aromatic nitrogens is 2. The van der Waals surface area contributed by atoms with Crippen molar-refractivity contribution in [3.05, 3.63) is 5.89 Å². The van der Waals surface area contributed by atoms with Crippen LogP contribution in [0, 0.1) is 5.92 Å². The molecule has 0 bridgehead atoms. The number of hydrogen-bond acceptors (Lipinski definition) is 6. The molecule has 0 amide bonds. The van der Waals surface area contributed by atoms with Crippen molar-refractivity contribution in [2.24, 2.45) is 5.92 Å². The predicted molar refractivity (Wildman–Crippen MR) is 72.9 cm³/mol. The van der Waals surface area contributed by atoms with E-state index in [-0.39, 0.29) is 12.1 Å². The van der Waals surface area contributed by atoms with Crippen molar-refractivity contribution in [3.8, 4) is 0 Å². The molecule has 6 heteroatoms. The molecular formula is C13H24N4O2. The van der Waals surface area contributed by atoms with Gasteiger partial charge >= 0.3 is 6.01 Å². The van der Waals surface area contributed by atoms with E-state index in [2.05, 4.69) is 41.2 Å². The van der Waals surface area contributed by atoms with E-state index in [9.17, 15) is 5.11 Å². The summed E-state index contributed by atoms with van der Waals surface area (Å²) in [6.07, 6.45) is 2.13. The molecule has 1 atom stereocenters. The molecule has 108 valence electrons. The van der Waals surface area contributed by atoms with E-state index in [0.29, 0.717) is 24.4 Å². The van der Waals surface area contributed by atoms with Crippen molar-refractivity contribution in [1.82, 2.24) is 15.5 Å². The Morgan fingerprint density at radius 3 is 2.89 bits per heavy atom. The highest BCUT2D eigenvalue weighted by Gasteiger charge is 2.23. The predicted octanol–water partition coefficient (Wildman–Crippen LogP) is 1.17. The summed E-state index contributed by atoms with van der Waals surface area (Å²) in [4.78, 5) is 2.07. The van der Waals surface area contributed by atoms with E-state index in [1.54, 1.807) is 0 Å². The summed E-state index contributed by atoms with van der Waals surface area (Å²) in [5.74, 6) is 0.924. The highest BCUT2D eigenvalue weighted by molar-refractivity contribution is 5.25. The normalized spacial score (nSPS) is 20.8. The first-order chi connectivity index (χ1) is 8.98. The fraction of sp³-hybridized carbons (Fsp3) is 0.846. The fourth-order valence-corrected chi connectivity index (χ4v) is 2.17. The Bertz CT molecular complexity index is 400. The van der Waals surface area contributed by atoms with Crippen LogP contribution in [0.25, 0.3) is 0 Å². The maximum atomic E-state index is 9.23. The van der Waals surface area contributed by atoms with Gasteiger partial charge < -0.3 is 19.7 Å². The lowest BCUT2D eigenvalue weighted by molar-refractivity contribution is 0.206. The minimum Gasteiger partial charge on any atom is -0.407 e. The minimum atomic E-state index is 0.0295. The van der Waals surface area contributed by atoms with Gasteiger partial charge in [0.05, 0.1) is 6.54 Å². The van der Waals surface area contributed by atoms with Gasteiger partial charge in [-0.25, -0.2) is 0 Å². The lowest BCUT2D eigenvalue weighted by atomic mass is 10.00. The van der Waals surface area contributed by atoms with E-state index < -0.39 is 0 Å². The molecule has 2 N–H and O–H groups in total. The third-order valence-electron chi connectivity index (χ3n) is 3.27. The highest BCUT2D eigenvalue weighted by Crippen LogP contribution is 2.21. The monoisotopic (exact) mass is 268 g/mol.